The van der Waals surface area contributed by atoms with Crippen LogP contribution in [0.5, 0.6) is 0 Å². The first-order chi connectivity index (χ1) is 5.81. The minimum absolute atomic E-state index is 1.24. The summed E-state index contributed by atoms with van der Waals surface area (Å²) in [4.78, 5) is 2.32. The van der Waals surface area contributed by atoms with Gasteiger partial charge in [-0.2, -0.15) is 0 Å². The SMILES string of the molecule is CC.CCCC.CN1CCSC1. The average molecular weight is 191 g/mol. The summed E-state index contributed by atoms with van der Waals surface area (Å²) in [6.07, 6.45) is 2.64. The number of hydrogen-bond acceptors (Lipinski definition) is 2. The van der Waals surface area contributed by atoms with E-state index in [1.165, 1.54) is 31.0 Å². The summed E-state index contributed by atoms with van der Waals surface area (Å²) in [5, 5.41) is 0. The summed E-state index contributed by atoms with van der Waals surface area (Å²) < 4.78 is 0. The molecule has 1 nitrogen and oxygen atoms in total. The van der Waals surface area contributed by atoms with Crippen molar-refractivity contribution in [1.29, 1.82) is 0 Å². The lowest BCUT2D eigenvalue weighted by atomic mass is 10.4. The maximum Gasteiger partial charge on any atom is 0.0442 e. The standard InChI is InChI=1S/C4H9NS.C4H10.C2H6/c1-5-2-3-6-4-5;1-3-4-2;1-2/h2-4H2,1H3;3-4H2,1-2H3;1-2H3. The van der Waals surface area contributed by atoms with E-state index in [-0.39, 0.29) is 0 Å². The first-order valence-electron chi connectivity index (χ1n) is 5.07. The summed E-state index contributed by atoms with van der Waals surface area (Å²) in [5.41, 5.74) is 0. The van der Waals surface area contributed by atoms with Crippen LogP contribution in [0.15, 0.2) is 0 Å². The van der Waals surface area contributed by atoms with Gasteiger partial charge in [0.05, 0.1) is 0 Å². The summed E-state index contributed by atoms with van der Waals surface area (Å²) in [6, 6.07) is 0. The van der Waals surface area contributed by atoms with Crippen molar-refractivity contribution >= 4 is 11.8 Å². The lowest BCUT2D eigenvalue weighted by Crippen LogP contribution is -2.11. The zero-order chi connectivity index (χ0) is 9.82. The van der Waals surface area contributed by atoms with Gasteiger partial charge >= 0.3 is 0 Å². The Morgan fingerprint density at radius 2 is 1.67 bits per heavy atom. The van der Waals surface area contributed by atoms with Crippen molar-refractivity contribution < 1.29 is 0 Å². The highest BCUT2D eigenvalue weighted by Crippen LogP contribution is 2.09. The van der Waals surface area contributed by atoms with Crippen LogP contribution in [0.3, 0.4) is 0 Å². The second kappa shape index (κ2) is 13.9. The van der Waals surface area contributed by atoms with Crippen molar-refractivity contribution in [3.8, 4) is 0 Å². The lowest BCUT2D eigenvalue weighted by Gasteiger charge is -1.99. The number of nitrogens with zero attached hydrogens (tertiary/aromatic N) is 1. The van der Waals surface area contributed by atoms with Gasteiger partial charge in [0.15, 0.2) is 0 Å². The number of thioether (sulfide) groups is 1. The summed E-state index contributed by atoms with van der Waals surface area (Å²) in [6.45, 7) is 9.64. The first-order valence-corrected chi connectivity index (χ1v) is 6.23. The number of rotatable bonds is 1. The molecule has 76 valence electrons. The Bertz CT molecular complexity index is 58.9. The molecule has 1 aliphatic heterocycles. The fourth-order valence-corrected chi connectivity index (χ4v) is 1.52. The Kier molecular flexibility index (Phi) is 17.1. The maximum absolute atomic E-state index is 2.32. The Morgan fingerprint density at radius 1 is 1.17 bits per heavy atom. The molecule has 0 amide bonds. The van der Waals surface area contributed by atoms with E-state index < -0.39 is 0 Å². The highest BCUT2D eigenvalue weighted by atomic mass is 32.2. The molecule has 0 aromatic heterocycles. The molecule has 0 bridgehead atoms. The molecule has 0 atom stereocenters. The van der Waals surface area contributed by atoms with E-state index in [2.05, 4.69) is 25.8 Å². The molecule has 0 aromatic carbocycles. The number of hydrogen-bond donors (Lipinski definition) is 0. The molecule has 1 rings (SSSR count). The summed E-state index contributed by atoms with van der Waals surface area (Å²) >= 11 is 2.01. The van der Waals surface area contributed by atoms with E-state index in [0.717, 1.165) is 0 Å². The predicted molar refractivity (Wildman–Crippen MR) is 61.9 cm³/mol. The summed E-state index contributed by atoms with van der Waals surface area (Å²) in [5.74, 6) is 2.57. The van der Waals surface area contributed by atoms with Crippen LogP contribution in [0.1, 0.15) is 40.5 Å². The minimum Gasteiger partial charge on any atom is -0.296 e. The molecule has 1 fully saturated rings. The van der Waals surface area contributed by atoms with Crippen molar-refractivity contribution in [1.82, 2.24) is 4.90 Å². The molecule has 0 N–H and O–H groups in total. The Labute approximate surface area is 82.9 Å². The molecule has 0 radical (unpaired) electrons. The van der Waals surface area contributed by atoms with Crippen LogP contribution >= 0.6 is 11.8 Å². The molecular weight excluding hydrogens is 166 g/mol. The van der Waals surface area contributed by atoms with Gasteiger partial charge in [-0.15, -0.1) is 11.8 Å². The van der Waals surface area contributed by atoms with Crippen LogP contribution in [-0.4, -0.2) is 30.1 Å². The third-order valence-corrected chi connectivity index (χ3v) is 2.52. The Balaban J connectivity index is 0. The molecule has 0 saturated carbocycles. The van der Waals surface area contributed by atoms with Crippen LogP contribution < -0.4 is 0 Å². The fourth-order valence-electron chi connectivity index (χ4n) is 0.505. The van der Waals surface area contributed by atoms with Gasteiger partial charge in [0, 0.05) is 18.2 Å². The van der Waals surface area contributed by atoms with Crippen molar-refractivity contribution in [2.45, 2.75) is 40.5 Å². The van der Waals surface area contributed by atoms with Gasteiger partial charge in [0.2, 0.25) is 0 Å². The second-order valence-corrected chi connectivity index (χ2v) is 3.69. The molecule has 1 aliphatic rings. The molecule has 1 heterocycles. The van der Waals surface area contributed by atoms with Crippen LogP contribution in [-0.2, 0) is 0 Å². The van der Waals surface area contributed by atoms with E-state index in [0.29, 0.717) is 0 Å². The monoisotopic (exact) mass is 191 g/mol. The van der Waals surface area contributed by atoms with E-state index in [4.69, 9.17) is 0 Å². The minimum atomic E-state index is 1.24. The zero-order valence-corrected chi connectivity index (χ0v) is 10.2. The third kappa shape index (κ3) is 12.9. The fraction of sp³-hybridized carbons (Fsp3) is 1.00. The van der Waals surface area contributed by atoms with Gasteiger partial charge in [-0.3, -0.25) is 4.90 Å². The Hall–Kier alpha value is 0.310. The van der Waals surface area contributed by atoms with Crippen LogP contribution in [0, 0.1) is 0 Å². The highest BCUT2D eigenvalue weighted by Gasteiger charge is 2.03. The largest absolute Gasteiger partial charge is 0.296 e. The third-order valence-electron chi connectivity index (χ3n) is 1.43. The molecule has 1 saturated heterocycles. The predicted octanol–water partition coefficient (Wildman–Crippen LogP) is 3.46. The summed E-state index contributed by atoms with van der Waals surface area (Å²) in [7, 11) is 2.15. The van der Waals surface area contributed by atoms with Crippen molar-refractivity contribution in [3.63, 3.8) is 0 Å². The molecule has 0 unspecified atom stereocenters. The maximum atomic E-state index is 2.32. The molecule has 12 heavy (non-hydrogen) atoms. The van der Waals surface area contributed by atoms with Crippen LogP contribution in [0.4, 0.5) is 0 Å². The molecule has 0 aromatic rings. The normalized spacial score (nSPS) is 15.8. The van der Waals surface area contributed by atoms with Crippen LogP contribution in [0.2, 0.25) is 0 Å². The topological polar surface area (TPSA) is 3.24 Å². The van der Waals surface area contributed by atoms with Gasteiger partial charge < -0.3 is 0 Å². The van der Waals surface area contributed by atoms with Crippen molar-refractivity contribution in [2.75, 3.05) is 25.2 Å². The van der Waals surface area contributed by atoms with Gasteiger partial charge in [0.1, 0.15) is 0 Å². The van der Waals surface area contributed by atoms with Gasteiger partial charge in [-0.05, 0) is 7.05 Å². The highest BCUT2D eigenvalue weighted by molar-refractivity contribution is 7.99. The van der Waals surface area contributed by atoms with Gasteiger partial charge in [-0.1, -0.05) is 40.5 Å². The molecule has 0 aliphatic carbocycles. The van der Waals surface area contributed by atoms with Gasteiger partial charge in [0.25, 0.3) is 0 Å². The molecule has 2 heteroatoms. The zero-order valence-electron chi connectivity index (χ0n) is 9.39. The smallest absolute Gasteiger partial charge is 0.0442 e. The van der Waals surface area contributed by atoms with E-state index in [1.807, 2.05) is 25.6 Å². The second-order valence-electron chi connectivity index (χ2n) is 2.62. The quantitative estimate of drug-likeness (QED) is 0.624. The first kappa shape index (κ1) is 14.8. The van der Waals surface area contributed by atoms with E-state index >= 15 is 0 Å². The molecule has 0 spiro atoms. The van der Waals surface area contributed by atoms with E-state index in [9.17, 15) is 0 Å². The van der Waals surface area contributed by atoms with E-state index in [1.54, 1.807) is 0 Å². The Morgan fingerprint density at radius 3 is 1.75 bits per heavy atom. The molecular formula is C10H25NS. The van der Waals surface area contributed by atoms with Crippen molar-refractivity contribution in [3.05, 3.63) is 0 Å². The van der Waals surface area contributed by atoms with Gasteiger partial charge in [-0.25, -0.2) is 0 Å². The lowest BCUT2D eigenvalue weighted by molar-refractivity contribution is 0.438. The number of unbranched alkanes of at least 4 members (excludes halogenated alkanes) is 1. The van der Waals surface area contributed by atoms with Crippen LogP contribution in [0.25, 0.3) is 0 Å². The average Bonchev–Trinajstić information content (AvgIpc) is 2.60. The van der Waals surface area contributed by atoms with Crippen molar-refractivity contribution in [2.24, 2.45) is 0 Å².